The van der Waals surface area contributed by atoms with Gasteiger partial charge in [0, 0.05) is 18.6 Å². The molecule has 1 aliphatic carbocycles. The van der Waals surface area contributed by atoms with Crippen LogP contribution >= 0.6 is 0 Å². The summed E-state index contributed by atoms with van der Waals surface area (Å²) in [7, 11) is 0. The van der Waals surface area contributed by atoms with Gasteiger partial charge in [-0.25, -0.2) is 4.39 Å². The fourth-order valence-corrected chi connectivity index (χ4v) is 1.67. The van der Waals surface area contributed by atoms with Gasteiger partial charge < -0.3 is 11.1 Å². The van der Waals surface area contributed by atoms with Crippen molar-refractivity contribution >= 4 is 0 Å². The van der Waals surface area contributed by atoms with Crippen LogP contribution < -0.4 is 11.1 Å². The molecule has 0 spiro atoms. The van der Waals surface area contributed by atoms with Crippen LogP contribution in [0.25, 0.3) is 0 Å². The first-order chi connectivity index (χ1) is 5.33. The molecule has 0 aromatic carbocycles. The smallest absolute Gasteiger partial charge is 0.102 e. The van der Waals surface area contributed by atoms with Crippen molar-refractivity contribution in [3.63, 3.8) is 0 Å². The predicted molar refractivity (Wildman–Crippen MR) is 44.2 cm³/mol. The number of alkyl halides is 1. The minimum absolute atomic E-state index is 0.272. The number of rotatable bonds is 3. The van der Waals surface area contributed by atoms with Gasteiger partial charge in [-0.3, -0.25) is 0 Å². The van der Waals surface area contributed by atoms with E-state index in [9.17, 15) is 4.39 Å². The second kappa shape index (κ2) is 4.67. The van der Waals surface area contributed by atoms with E-state index in [1.807, 2.05) is 0 Å². The molecule has 1 rings (SSSR count). The Morgan fingerprint density at radius 3 is 2.91 bits per heavy atom. The van der Waals surface area contributed by atoms with Gasteiger partial charge in [0.05, 0.1) is 0 Å². The van der Waals surface area contributed by atoms with Crippen molar-refractivity contribution in [1.82, 2.24) is 5.32 Å². The van der Waals surface area contributed by atoms with Gasteiger partial charge in [0.15, 0.2) is 0 Å². The zero-order chi connectivity index (χ0) is 8.10. The summed E-state index contributed by atoms with van der Waals surface area (Å²) in [5, 5.41) is 3.15. The lowest BCUT2D eigenvalue weighted by Crippen LogP contribution is -2.40. The van der Waals surface area contributed by atoms with Crippen molar-refractivity contribution in [2.24, 2.45) is 5.73 Å². The molecule has 0 unspecified atom stereocenters. The fraction of sp³-hybridized carbons (Fsp3) is 1.00. The van der Waals surface area contributed by atoms with Gasteiger partial charge in [-0.05, 0) is 19.3 Å². The van der Waals surface area contributed by atoms with Crippen LogP contribution in [0.5, 0.6) is 0 Å². The van der Waals surface area contributed by atoms with Gasteiger partial charge in [0.1, 0.15) is 6.67 Å². The highest BCUT2D eigenvalue weighted by Crippen LogP contribution is 2.16. The summed E-state index contributed by atoms with van der Waals surface area (Å²) >= 11 is 0. The van der Waals surface area contributed by atoms with Crippen molar-refractivity contribution < 1.29 is 4.39 Å². The number of hydrogen-bond donors (Lipinski definition) is 2. The molecule has 11 heavy (non-hydrogen) atoms. The monoisotopic (exact) mass is 160 g/mol. The average molecular weight is 160 g/mol. The van der Waals surface area contributed by atoms with E-state index < -0.39 is 0 Å². The third kappa shape index (κ3) is 3.16. The lowest BCUT2D eigenvalue weighted by molar-refractivity contribution is 0.327. The summed E-state index contributed by atoms with van der Waals surface area (Å²) in [6.07, 6.45) is 4.49. The zero-order valence-corrected chi connectivity index (χ0v) is 6.85. The molecule has 3 heteroatoms. The number of nitrogens with one attached hydrogen (secondary N) is 1. The maximum Gasteiger partial charge on any atom is 0.102 e. The Kier molecular flexibility index (Phi) is 3.80. The molecule has 1 fully saturated rings. The van der Waals surface area contributed by atoms with Crippen molar-refractivity contribution in [3.05, 3.63) is 0 Å². The zero-order valence-electron chi connectivity index (χ0n) is 6.85. The largest absolute Gasteiger partial charge is 0.328 e. The molecular weight excluding hydrogens is 143 g/mol. The lowest BCUT2D eigenvalue weighted by atomic mass is 9.92. The first kappa shape index (κ1) is 8.94. The van der Waals surface area contributed by atoms with Crippen LogP contribution in [0.2, 0.25) is 0 Å². The Labute approximate surface area is 67.3 Å². The summed E-state index contributed by atoms with van der Waals surface area (Å²) in [6.45, 7) is 0.211. The van der Waals surface area contributed by atoms with Gasteiger partial charge in [0.25, 0.3) is 0 Å². The van der Waals surface area contributed by atoms with E-state index in [1.54, 1.807) is 0 Å². The van der Waals surface area contributed by atoms with E-state index >= 15 is 0 Å². The van der Waals surface area contributed by atoms with Gasteiger partial charge in [-0.1, -0.05) is 6.42 Å². The second-order valence-corrected chi connectivity index (χ2v) is 3.27. The molecule has 0 aromatic rings. The van der Waals surface area contributed by atoms with Crippen molar-refractivity contribution in [2.45, 2.75) is 37.8 Å². The van der Waals surface area contributed by atoms with E-state index in [2.05, 4.69) is 5.32 Å². The molecule has 0 bridgehead atoms. The van der Waals surface area contributed by atoms with Crippen LogP contribution in [0.15, 0.2) is 0 Å². The lowest BCUT2D eigenvalue weighted by Gasteiger charge is -2.26. The third-order valence-electron chi connectivity index (χ3n) is 2.24. The van der Waals surface area contributed by atoms with E-state index in [1.165, 1.54) is 6.42 Å². The van der Waals surface area contributed by atoms with Crippen molar-refractivity contribution in [2.75, 3.05) is 13.2 Å². The highest BCUT2D eigenvalue weighted by Gasteiger charge is 2.17. The first-order valence-corrected chi connectivity index (χ1v) is 4.38. The summed E-state index contributed by atoms with van der Waals surface area (Å²) in [5.41, 5.74) is 5.76. The topological polar surface area (TPSA) is 38.0 Å². The molecule has 0 saturated heterocycles. The second-order valence-electron chi connectivity index (χ2n) is 3.27. The normalized spacial score (nSPS) is 32.2. The first-order valence-electron chi connectivity index (χ1n) is 4.38. The molecule has 0 aromatic heterocycles. The highest BCUT2D eigenvalue weighted by atomic mass is 19.1. The van der Waals surface area contributed by atoms with Crippen LogP contribution in [-0.4, -0.2) is 25.3 Å². The molecule has 1 aliphatic rings. The minimum atomic E-state index is -0.272. The number of hydrogen-bond acceptors (Lipinski definition) is 2. The Morgan fingerprint density at radius 2 is 2.27 bits per heavy atom. The minimum Gasteiger partial charge on any atom is -0.328 e. The molecule has 0 amide bonds. The highest BCUT2D eigenvalue weighted by molar-refractivity contribution is 4.79. The van der Waals surface area contributed by atoms with E-state index in [0.717, 1.165) is 19.3 Å². The maximum absolute atomic E-state index is 11.8. The Bertz CT molecular complexity index is 108. The maximum atomic E-state index is 11.8. The van der Waals surface area contributed by atoms with Gasteiger partial charge in [0.2, 0.25) is 0 Å². The summed E-state index contributed by atoms with van der Waals surface area (Å²) in [4.78, 5) is 0. The van der Waals surface area contributed by atoms with Crippen LogP contribution in [0, 0.1) is 0 Å². The fourth-order valence-electron chi connectivity index (χ4n) is 1.67. The number of halogens is 1. The number of nitrogens with two attached hydrogens (primary N) is 1. The Morgan fingerprint density at radius 1 is 1.45 bits per heavy atom. The van der Waals surface area contributed by atoms with Gasteiger partial charge >= 0.3 is 0 Å². The van der Waals surface area contributed by atoms with Crippen LogP contribution in [-0.2, 0) is 0 Å². The van der Waals surface area contributed by atoms with Crippen LogP contribution in [0.1, 0.15) is 25.7 Å². The van der Waals surface area contributed by atoms with Gasteiger partial charge in [-0.2, -0.15) is 0 Å². The molecule has 0 heterocycles. The molecule has 0 aliphatic heterocycles. The van der Waals surface area contributed by atoms with Gasteiger partial charge in [-0.15, -0.1) is 0 Å². The van der Waals surface area contributed by atoms with E-state index in [4.69, 9.17) is 5.73 Å². The Balaban J connectivity index is 2.12. The van der Waals surface area contributed by atoms with E-state index in [-0.39, 0.29) is 6.67 Å². The molecule has 1 saturated carbocycles. The molecule has 2 nitrogen and oxygen atoms in total. The van der Waals surface area contributed by atoms with E-state index in [0.29, 0.717) is 18.6 Å². The predicted octanol–water partition coefficient (Wildman–Crippen LogP) is 0.815. The summed E-state index contributed by atoms with van der Waals surface area (Å²) < 4.78 is 11.8. The average Bonchev–Trinajstić information content (AvgIpc) is 2.01. The molecule has 3 N–H and O–H groups in total. The van der Waals surface area contributed by atoms with Crippen LogP contribution in [0.4, 0.5) is 4.39 Å². The molecule has 0 radical (unpaired) electrons. The SMILES string of the molecule is N[C@@H]1CCC[C@@H](NCCF)C1. The van der Waals surface area contributed by atoms with Crippen LogP contribution in [0.3, 0.4) is 0 Å². The molecule has 66 valence electrons. The third-order valence-corrected chi connectivity index (χ3v) is 2.24. The Hall–Kier alpha value is -0.150. The quantitative estimate of drug-likeness (QED) is 0.641. The molecule has 2 atom stereocenters. The molecular formula is C8H17FN2. The summed E-state index contributed by atoms with van der Waals surface area (Å²) in [6, 6.07) is 0.801. The van der Waals surface area contributed by atoms with Crippen molar-refractivity contribution in [3.8, 4) is 0 Å². The standard InChI is InChI=1S/C8H17FN2/c9-4-5-11-8-3-1-2-7(10)6-8/h7-8,11H,1-6,10H2/t7-,8-/m1/s1. The van der Waals surface area contributed by atoms with Crippen molar-refractivity contribution in [1.29, 1.82) is 0 Å². The summed E-state index contributed by atoms with van der Waals surface area (Å²) in [5.74, 6) is 0.